The third-order valence-electron chi connectivity index (χ3n) is 4.48. The third-order valence-corrected chi connectivity index (χ3v) is 4.48. The average molecular weight is 337 g/mol. The number of likely N-dealkylation sites (tertiary alicyclic amines) is 1. The highest BCUT2D eigenvalue weighted by molar-refractivity contribution is 5.99. The maximum Gasteiger partial charge on any atom is 0.349 e. The number of nitrogens with zero attached hydrogens (tertiary/aromatic N) is 1. The number of hydrogen-bond donors (Lipinski definition) is 1. The van der Waals surface area contributed by atoms with E-state index in [1.807, 2.05) is 32.2 Å². The second-order valence-corrected chi connectivity index (χ2v) is 5.74. The molecule has 0 saturated carbocycles. The Balaban J connectivity index is 0.00000192. The van der Waals surface area contributed by atoms with Crippen LogP contribution in [0.15, 0.2) is 33.5 Å². The monoisotopic (exact) mass is 336 g/mol. The number of halogens is 1. The minimum atomic E-state index is -0.545. The molecule has 0 radical (unpaired) electrons. The van der Waals surface area contributed by atoms with Crippen molar-refractivity contribution in [1.82, 2.24) is 10.2 Å². The van der Waals surface area contributed by atoms with Crippen molar-refractivity contribution in [1.29, 1.82) is 0 Å². The van der Waals surface area contributed by atoms with Gasteiger partial charge in [0.15, 0.2) is 0 Å². The Morgan fingerprint density at radius 2 is 1.91 bits per heavy atom. The number of aryl methyl sites for hydroxylation is 1. The van der Waals surface area contributed by atoms with Gasteiger partial charge in [0.05, 0.1) is 0 Å². The van der Waals surface area contributed by atoms with E-state index in [1.54, 1.807) is 11.0 Å². The van der Waals surface area contributed by atoms with Crippen molar-refractivity contribution in [3.8, 4) is 0 Å². The van der Waals surface area contributed by atoms with Crippen LogP contribution in [0.5, 0.6) is 0 Å². The summed E-state index contributed by atoms with van der Waals surface area (Å²) in [6.07, 6.45) is 1.81. The number of fused-ring (bicyclic) bond motifs is 1. The first-order valence-corrected chi connectivity index (χ1v) is 7.61. The molecule has 0 spiro atoms. The maximum absolute atomic E-state index is 12.7. The number of carbonyl (C=O) groups is 1. The first-order valence-electron chi connectivity index (χ1n) is 7.61. The van der Waals surface area contributed by atoms with Gasteiger partial charge >= 0.3 is 5.63 Å². The largest absolute Gasteiger partial charge is 0.422 e. The predicted molar refractivity (Wildman–Crippen MR) is 92.5 cm³/mol. The molecule has 1 amide bonds. The van der Waals surface area contributed by atoms with Crippen LogP contribution in [-0.4, -0.2) is 37.0 Å². The minimum absolute atomic E-state index is 0. The summed E-state index contributed by atoms with van der Waals surface area (Å²) in [7, 11) is 1.93. The molecular weight excluding hydrogens is 316 g/mol. The van der Waals surface area contributed by atoms with Crippen molar-refractivity contribution in [2.24, 2.45) is 0 Å². The van der Waals surface area contributed by atoms with Crippen LogP contribution in [0.25, 0.3) is 11.0 Å². The number of benzene rings is 1. The summed E-state index contributed by atoms with van der Waals surface area (Å²) >= 11 is 0. The van der Waals surface area contributed by atoms with Crippen LogP contribution in [0.1, 0.15) is 28.8 Å². The first-order chi connectivity index (χ1) is 10.6. The van der Waals surface area contributed by atoms with Gasteiger partial charge in [0.2, 0.25) is 0 Å². The molecule has 1 aliphatic heterocycles. The van der Waals surface area contributed by atoms with Crippen molar-refractivity contribution in [2.75, 3.05) is 20.1 Å². The molecule has 6 heteroatoms. The molecule has 1 saturated heterocycles. The summed E-state index contributed by atoms with van der Waals surface area (Å²) in [4.78, 5) is 26.7. The Kier molecular flexibility index (Phi) is 5.44. The topological polar surface area (TPSA) is 62.6 Å². The highest BCUT2D eigenvalue weighted by Crippen LogP contribution is 2.21. The molecule has 0 unspecified atom stereocenters. The van der Waals surface area contributed by atoms with Gasteiger partial charge in [0.25, 0.3) is 5.91 Å². The summed E-state index contributed by atoms with van der Waals surface area (Å²) in [5, 5.41) is 4.05. The Morgan fingerprint density at radius 1 is 1.26 bits per heavy atom. The highest BCUT2D eigenvalue weighted by atomic mass is 35.5. The summed E-state index contributed by atoms with van der Waals surface area (Å²) < 4.78 is 5.31. The molecule has 1 aromatic heterocycles. The van der Waals surface area contributed by atoms with Gasteiger partial charge in [-0.15, -0.1) is 12.4 Å². The van der Waals surface area contributed by atoms with Gasteiger partial charge in [-0.05, 0) is 38.4 Å². The Hall–Kier alpha value is -1.85. The molecule has 1 aromatic carbocycles. The molecule has 0 bridgehead atoms. The third kappa shape index (κ3) is 3.26. The van der Waals surface area contributed by atoms with Crippen molar-refractivity contribution >= 4 is 29.3 Å². The SMILES string of the molecule is CNC1CCN(C(=O)c2c(C)c3ccccc3oc2=O)CC1.Cl. The van der Waals surface area contributed by atoms with Crippen LogP contribution in [0.4, 0.5) is 0 Å². The number of rotatable bonds is 2. The van der Waals surface area contributed by atoms with Crippen LogP contribution < -0.4 is 10.9 Å². The molecular formula is C17H21ClN2O3. The van der Waals surface area contributed by atoms with Crippen LogP contribution in [-0.2, 0) is 0 Å². The Bertz CT molecular complexity index is 764. The summed E-state index contributed by atoms with van der Waals surface area (Å²) in [5.41, 5.74) is 0.849. The lowest BCUT2D eigenvalue weighted by Crippen LogP contribution is -2.45. The van der Waals surface area contributed by atoms with E-state index < -0.39 is 5.63 Å². The standard InChI is InChI=1S/C17H20N2O3.ClH/c1-11-13-5-3-4-6-14(13)22-17(21)15(11)16(20)19-9-7-12(18-2)8-10-19;/h3-6,12,18H,7-10H2,1-2H3;1H. The minimum Gasteiger partial charge on any atom is -0.422 e. The van der Waals surface area contributed by atoms with Crippen molar-refractivity contribution in [2.45, 2.75) is 25.8 Å². The van der Waals surface area contributed by atoms with Gasteiger partial charge in [0, 0.05) is 24.5 Å². The van der Waals surface area contributed by atoms with Crippen molar-refractivity contribution in [3.05, 3.63) is 45.8 Å². The van der Waals surface area contributed by atoms with Crippen molar-refractivity contribution in [3.63, 3.8) is 0 Å². The second kappa shape index (κ2) is 7.15. The molecule has 3 rings (SSSR count). The molecule has 1 aliphatic rings. The molecule has 0 atom stereocenters. The van der Waals surface area contributed by atoms with Crippen LogP contribution in [0.2, 0.25) is 0 Å². The smallest absolute Gasteiger partial charge is 0.349 e. The van der Waals surface area contributed by atoms with Crippen molar-refractivity contribution < 1.29 is 9.21 Å². The number of carbonyl (C=O) groups excluding carboxylic acids is 1. The van der Waals surface area contributed by atoms with E-state index in [0.717, 1.165) is 18.2 Å². The molecule has 124 valence electrons. The number of para-hydroxylation sites is 1. The van der Waals surface area contributed by atoms with Crippen LogP contribution in [0.3, 0.4) is 0 Å². The molecule has 0 aliphatic carbocycles. The summed E-state index contributed by atoms with van der Waals surface area (Å²) in [5.74, 6) is -0.216. The first kappa shape index (κ1) is 17.5. The predicted octanol–water partition coefficient (Wildman–Crippen LogP) is 2.35. The molecule has 5 nitrogen and oxygen atoms in total. The van der Waals surface area contributed by atoms with Gasteiger partial charge in [-0.25, -0.2) is 4.79 Å². The molecule has 23 heavy (non-hydrogen) atoms. The van der Waals surface area contributed by atoms with Crippen LogP contribution >= 0.6 is 12.4 Å². The molecule has 2 heterocycles. The van der Waals surface area contributed by atoms with E-state index in [0.29, 0.717) is 30.3 Å². The van der Waals surface area contributed by atoms with E-state index in [-0.39, 0.29) is 23.9 Å². The summed E-state index contributed by atoms with van der Waals surface area (Å²) in [6.45, 7) is 3.14. The Morgan fingerprint density at radius 3 is 2.57 bits per heavy atom. The van der Waals surface area contributed by atoms with Gasteiger partial charge in [-0.3, -0.25) is 4.79 Å². The van der Waals surface area contributed by atoms with E-state index in [2.05, 4.69) is 5.32 Å². The van der Waals surface area contributed by atoms with E-state index in [1.165, 1.54) is 0 Å². The lowest BCUT2D eigenvalue weighted by atomic mass is 10.0. The molecule has 2 aromatic rings. The fourth-order valence-electron chi connectivity index (χ4n) is 3.08. The van der Waals surface area contributed by atoms with Crippen LogP contribution in [0, 0.1) is 6.92 Å². The van der Waals surface area contributed by atoms with E-state index in [4.69, 9.17) is 4.42 Å². The fraction of sp³-hybridized carbons (Fsp3) is 0.412. The number of hydrogen-bond acceptors (Lipinski definition) is 4. The van der Waals surface area contributed by atoms with Gasteiger partial charge in [-0.1, -0.05) is 18.2 Å². The Labute approximate surface area is 141 Å². The fourth-order valence-corrected chi connectivity index (χ4v) is 3.08. The zero-order valence-electron chi connectivity index (χ0n) is 13.3. The second-order valence-electron chi connectivity index (χ2n) is 5.74. The lowest BCUT2D eigenvalue weighted by Gasteiger charge is -2.31. The summed E-state index contributed by atoms with van der Waals surface area (Å²) in [6, 6.07) is 7.75. The number of nitrogens with one attached hydrogen (secondary N) is 1. The quantitative estimate of drug-likeness (QED) is 0.855. The van der Waals surface area contributed by atoms with Gasteiger partial charge in [0.1, 0.15) is 11.1 Å². The molecule has 1 fully saturated rings. The lowest BCUT2D eigenvalue weighted by molar-refractivity contribution is 0.0702. The van der Waals surface area contributed by atoms with E-state index in [9.17, 15) is 9.59 Å². The van der Waals surface area contributed by atoms with Gasteiger partial charge in [-0.2, -0.15) is 0 Å². The number of piperidine rings is 1. The van der Waals surface area contributed by atoms with Gasteiger partial charge < -0.3 is 14.6 Å². The average Bonchev–Trinajstić information content (AvgIpc) is 2.55. The van der Waals surface area contributed by atoms with E-state index >= 15 is 0 Å². The normalized spacial score (nSPS) is 15.5. The zero-order chi connectivity index (χ0) is 15.7. The number of amides is 1. The molecule has 1 N–H and O–H groups in total. The highest BCUT2D eigenvalue weighted by Gasteiger charge is 2.27. The maximum atomic E-state index is 12.7. The zero-order valence-corrected chi connectivity index (χ0v) is 14.1.